The fourth-order valence-corrected chi connectivity index (χ4v) is 3.91. The van der Waals surface area contributed by atoms with Crippen LogP contribution in [0.2, 0.25) is 0 Å². The first-order valence-corrected chi connectivity index (χ1v) is 10.1. The molecule has 1 aromatic heterocycles. The van der Waals surface area contributed by atoms with Crippen molar-refractivity contribution in [3.63, 3.8) is 0 Å². The maximum absolute atomic E-state index is 12.4. The SMILES string of the molecule is Cc1ccc(C)c(S(=O)(=O)NCCNC(=O)c2cc(CC(C)C)[nH]n2)c1. The van der Waals surface area contributed by atoms with Gasteiger partial charge >= 0.3 is 0 Å². The van der Waals surface area contributed by atoms with E-state index >= 15 is 0 Å². The number of benzene rings is 1. The Balaban J connectivity index is 1.87. The summed E-state index contributed by atoms with van der Waals surface area (Å²) in [5.74, 6) is 0.132. The highest BCUT2D eigenvalue weighted by molar-refractivity contribution is 7.89. The average Bonchev–Trinajstić information content (AvgIpc) is 3.01. The summed E-state index contributed by atoms with van der Waals surface area (Å²) in [6, 6.07) is 7.00. The quantitative estimate of drug-likeness (QED) is 0.611. The van der Waals surface area contributed by atoms with Crippen molar-refractivity contribution in [3.8, 4) is 0 Å². The van der Waals surface area contributed by atoms with Gasteiger partial charge in [-0.15, -0.1) is 0 Å². The summed E-state index contributed by atoms with van der Waals surface area (Å²) in [7, 11) is -3.61. The molecule has 1 amide bonds. The van der Waals surface area contributed by atoms with Gasteiger partial charge in [-0.05, 0) is 49.4 Å². The lowest BCUT2D eigenvalue weighted by atomic mass is 10.1. The van der Waals surface area contributed by atoms with E-state index in [4.69, 9.17) is 0 Å². The van der Waals surface area contributed by atoms with Crippen LogP contribution in [-0.2, 0) is 16.4 Å². The van der Waals surface area contributed by atoms with Crippen molar-refractivity contribution in [2.24, 2.45) is 5.92 Å². The summed E-state index contributed by atoms with van der Waals surface area (Å²) in [5.41, 5.74) is 2.76. The molecule has 0 unspecified atom stereocenters. The number of amides is 1. The minimum absolute atomic E-state index is 0.102. The fourth-order valence-electron chi connectivity index (χ4n) is 2.55. The van der Waals surface area contributed by atoms with Crippen LogP contribution < -0.4 is 10.0 Å². The van der Waals surface area contributed by atoms with Crippen LogP contribution in [0.5, 0.6) is 0 Å². The molecular formula is C18H26N4O3S. The van der Waals surface area contributed by atoms with E-state index < -0.39 is 10.0 Å². The summed E-state index contributed by atoms with van der Waals surface area (Å²) < 4.78 is 27.3. The van der Waals surface area contributed by atoms with E-state index in [0.717, 1.165) is 17.7 Å². The third kappa shape index (κ3) is 5.40. The lowest BCUT2D eigenvalue weighted by Gasteiger charge is -2.10. The number of H-pyrrole nitrogens is 1. The summed E-state index contributed by atoms with van der Waals surface area (Å²) in [5, 5.41) is 9.50. The zero-order chi connectivity index (χ0) is 19.3. The molecule has 0 atom stereocenters. The van der Waals surface area contributed by atoms with Gasteiger partial charge in [0.05, 0.1) is 4.90 Å². The Labute approximate surface area is 154 Å². The number of carbonyl (C=O) groups excluding carboxylic acids is 1. The van der Waals surface area contributed by atoms with Gasteiger partial charge in [-0.3, -0.25) is 9.89 Å². The Morgan fingerprint density at radius 3 is 2.62 bits per heavy atom. The molecule has 26 heavy (non-hydrogen) atoms. The van der Waals surface area contributed by atoms with Crippen LogP contribution in [0.25, 0.3) is 0 Å². The summed E-state index contributed by atoms with van der Waals surface area (Å²) in [6.07, 6.45) is 0.815. The first-order chi connectivity index (χ1) is 12.2. The van der Waals surface area contributed by atoms with Crippen molar-refractivity contribution in [1.29, 1.82) is 0 Å². The van der Waals surface area contributed by atoms with Gasteiger partial charge in [0.15, 0.2) is 0 Å². The summed E-state index contributed by atoms with van der Waals surface area (Å²) in [4.78, 5) is 12.3. The highest BCUT2D eigenvalue weighted by Gasteiger charge is 2.17. The molecule has 0 bridgehead atoms. The molecule has 142 valence electrons. The average molecular weight is 378 g/mol. The molecule has 1 aromatic carbocycles. The number of nitrogens with one attached hydrogen (secondary N) is 3. The number of sulfonamides is 1. The maximum Gasteiger partial charge on any atom is 0.271 e. The molecule has 0 fully saturated rings. The van der Waals surface area contributed by atoms with E-state index in [1.54, 1.807) is 25.1 Å². The molecule has 0 aliphatic rings. The van der Waals surface area contributed by atoms with Gasteiger partial charge in [0, 0.05) is 18.8 Å². The minimum Gasteiger partial charge on any atom is -0.349 e. The van der Waals surface area contributed by atoms with Crippen LogP contribution in [-0.4, -0.2) is 37.6 Å². The Kier molecular flexibility index (Phi) is 6.55. The van der Waals surface area contributed by atoms with Crippen molar-refractivity contribution in [2.75, 3.05) is 13.1 Å². The van der Waals surface area contributed by atoms with Crippen molar-refractivity contribution < 1.29 is 13.2 Å². The maximum atomic E-state index is 12.4. The van der Waals surface area contributed by atoms with Crippen LogP contribution in [0.15, 0.2) is 29.2 Å². The van der Waals surface area contributed by atoms with Crippen LogP contribution in [0.3, 0.4) is 0 Å². The molecule has 1 heterocycles. The van der Waals surface area contributed by atoms with E-state index in [-0.39, 0.29) is 23.9 Å². The molecular weight excluding hydrogens is 352 g/mol. The van der Waals surface area contributed by atoms with Crippen molar-refractivity contribution in [3.05, 3.63) is 46.8 Å². The first kappa shape index (κ1) is 20.1. The van der Waals surface area contributed by atoms with Gasteiger partial charge in [-0.1, -0.05) is 26.0 Å². The van der Waals surface area contributed by atoms with E-state index in [1.165, 1.54) is 0 Å². The van der Waals surface area contributed by atoms with Crippen molar-refractivity contribution >= 4 is 15.9 Å². The number of aryl methyl sites for hydroxylation is 2. The molecule has 2 aromatic rings. The van der Waals surface area contributed by atoms with E-state index in [1.807, 2.05) is 13.0 Å². The highest BCUT2D eigenvalue weighted by Crippen LogP contribution is 2.16. The van der Waals surface area contributed by atoms with Crippen LogP contribution in [0.4, 0.5) is 0 Å². The van der Waals surface area contributed by atoms with Gasteiger partial charge in [-0.2, -0.15) is 5.10 Å². The van der Waals surface area contributed by atoms with E-state index in [2.05, 4.69) is 34.1 Å². The number of hydrogen-bond donors (Lipinski definition) is 3. The molecule has 0 saturated heterocycles. The Bertz CT molecular complexity index is 872. The lowest BCUT2D eigenvalue weighted by molar-refractivity contribution is 0.0949. The first-order valence-electron chi connectivity index (χ1n) is 8.58. The Morgan fingerprint density at radius 1 is 1.19 bits per heavy atom. The number of hydrogen-bond acceptors (Lipinski definition) is 4. The summed E-state index contributed by atoms with van der Waals surface area (Å²) >= 11 is 0. The second kappa shape index (κ2) is 8.46. The van der Waals surface area contributed by atoms with Crippen LogP contribution in [0.1, 0.15) is 41.2 Å². The van der Waals surface area contributed by atoms with Crippen LogP contribution >= 0.6 is 0 Å². The predicted octanol–water partition coefficient (Wildman–Crippen LogP) is 1.93. The smallest absolute Gasteiger partial charge is 0.271 e. The second-order valence-corrected chi connectivity index (χ2v) is 8.53. The van der Waals surface area contributed by atoms with Gasteiger partial charge in [-0.25, -0.2) is 13.1 Å². The predicted molar refractivity (Wildman–Crippen MR) is 101 cm³/mol. The van der Waals surface area contributed by atoms with Crippen molar-refractivity contribution in [2.45, 2.75) is 39.0 Å². The molecule has 7 nitrogen and oxygen atoms in total. The highest BCUT2D eigenvalue weighted by atomic mass is 32.2. The third-order valence-corrected chi connectivity index (χ3v) is 5.43. The van der Waals surface area contributed by atoms with Gasteiger partial charge in [0.1, 0.15) is 5.69 Å². The number of aromatic amines is 1. The molecule has 0 spiro atoms. The van der Waals surface area contributed by atoms with E-state index in [0.29, 0.717) is 17.2 Å². The normalized spacial score (nSPS) is 11.7. The monoisotopic (exact) mass is 378 g/mol. The number of aromatic nitrogens is 2. The Hall–Kier alpha value is -2.19. The third-order valence-electron chi connectivity index (χ3n) is 3.83. The fraction of sp³-hybridized carbons (Fsp3) is 0.444. The van der Waals surface area contributed by atoms with E-state index in [9.17, 15) is 13.2 Å². The van der Waals surface area contributed by atoms with Gasteiger partial charge in [0.25, 0.3) is 5.91 Å². The van der Waals surface area contributed by atoms with Crippen molar-refractivity contribution in [1.82, 2.24) is 20.2 Å². The lowest BCUT2D eigenvalue weighted by Crippen LogP contribution is -2.35. The number of nitrogens with zero attached hydrogens (tertiary/aromatic N) is 1. The standard InChI is InChI=1S/C18H26N4O3S/c1-12(2)9-15-11-16(22-21-15)18(23)19-7-8-20-26(24,25)17-10-13(3)5-6-14(17)4/h5-6,10-12,20H,7-9H2,1-4H3,(H,19,23)(H,21,22). The molecule has 0 aliphatic carbocycles. The molecule has 0 aliphatic heterocycles. The molecule has 3 N–H and O–H groups in total. The second-order valence-electron chi connectivity index (χ2n) is 6.80. The molecule has 2 rings (SSSR count). The van der Waals surface area contributed by atoms with Crippen LogP contribution in [0, 0.1) is 19.8 Å². The van der Waals surface area contributed by atoms with Gasteiger partial charge in [0.2, 0.25) is 10.0 Å². The van der Waals surface area contributed by atoms with Gasteiger partial charge < -0.3 is 5.32 Å². The molecule has 0 radical (unpaired) electrons. The Morgan fingerprint density at radius 2 is 1.92 bits per heavy atom. The summed E-state index contributed by atoms with van der Waals surface area (Å²) in [6.45, 7) is 8.05. The largest absolute Gasteiger partial charge is 0.349 e. The topological polar surface area (TPSA) is 104 Å². The minimum atomic E-state index is -3.61. The molecule has 0 saturated carbocycles. The molecule has 8 heteroatoms. The zero-order valence-corrected chi connectivity index (χ0v) is 16.4. The number of rotatable bonds is 8. The number of carbonyl (C=O) groups is 1. The zero-order valence-electron chi connectivity index (χ0n) is 15.6.